The first kappa shape index (κ1) is 11.3. The Morgan fingerprint density at radius 1 is 1.06 bits per heavy atom. The van der Waals surface area contributed by atoms with E-state index in [1.807, 2.05) is 36.4 Å². The van der Waals surface area contributed by atoms with Crippen LogP contribution in [0.2, 0.25) is 0 Å². The molecule has 0 bridgehead atoms. The minimum absolute atomic E-state index is 0.446. The summed E-state index contributed by atoms with van der Waals surface area (Å²) in [6.45, 7) is 7.65. The minimum atomic E-state index is 0.446. The highest BCUT2D eigenvalue weighted by molar-refractivity contribution is 5.90. The molecule has 17 heavy (non-hydrogen) atoms. The van der Waals surface area contributed by atoms with Crippen molar-refractivity contribution in [2.45, 2.75) is 0 Å². The Morgan fingerprint density at radius 3 is 2.65 bits per heavy atom. The summed E-state index contributed by atoms with van der Waals surface area (Å²) >= 11 is 0. The quantitative estimate of drug-likeness (QED) is 0.568. The molecule has 2 nitrogen and oxygen atoms in total. The SMILES string of the molecule is C=CCOc1c(OC=C)ccc2ccccc12. The molecule has 2 rings (SSSR count). The summed E-state index contributed by atoms with van der Waals surface area (Å²) in [5, 5.41) is 2.14. The second-order valence-corrected chi connectivity index (χ2v) is 3.50. The summed E-state index contributed by atoms with van der Waals surface area (Å²) in [6, 6.07) is 11.9. The van der Waals surface area contributed by atoms with E-state index in [1.165, 1.54) is 6.26 Å². The van der Waals surface area contributed by atoms with E-state index in [2.05, 4.69) is 13.2 Å². The first-order valence-corrected chi connectivity index (χ1v) is 5.40. The predicted octanol–water partition coefficient (Wildman–Crippen LogP) is 3.93. The van der Waals surface area contributed by atoms with Crippen molar-refractivity contribution in [1.82, 2.24) is 0 Å². The van der Waals surface area contributed by atoms with Crippen LogP contribution >= 0.6 is 0 Å². The molecule has 0 aliphatic heterocycles. The number of rotatable bonds is 5. The Kier molecular flexibility index (Phi) is 3.46. The van der Waals surface area contributed by atoms with Gasteiger partial charge in [-0.1, -0.05) is 49.6 Å². The third-order valence-electron chi connectivity index (χ3n) is 2.40. The lowest BCUT2D eigenvalue weighted by molar-refractivity contribution is 0.344. The number of hydrogen-bond donors (Lipinski definition) is 0. The van der Waals surface area contributed by atoms with E-state index in [0.717, 1.165) is 16.5 Å². The molecule has 0 unspecified atom stereocenters. The normalized spacial score (nSPS) is 9.88. The summed E-state index contributed by atoms with van der Waals surface area (Å²) in [7, 11) is 0. The molecule has 0 aliphatic carbocycles. The average molecular weight is 226 g/mol. The third kappa shape index (κ3) is 2.31. The molecule has 2 aromatic carbocycles. The molecule has 0 heterocycles. The largest absolute Gasteiger partial charge is 0.485 e. The fourth-order valence-corrected chi connectivity index (χ4v) is 1.70. The average Bonchev–Trinajstić information content (AvgIpc) is 2.37. The van der Waals surface area contributed by atoms with Gasteiger partial charge in [0.25, 0.3) is 0 Å². The van der Waals surface area contributed by atoms with Crippen LogP contribution in [0.25, 0.3) is 10.8 Å². The summed E-state index contributed by atoms with van der Waals surface area (Å²) in [5.41, 5.74) is 0. The molecule has 0 fully saturated rings. The van der Waals surface area contributed by atoms with Gasteiger partial charge < -0.3 is 9.47 Å². The monoisotopic (exact) mass is 226 g/mol. The van der Waals surface area contributed by atoms with Crippen molar-refractivity contribution in [1.29, 1.82) is 0 Å². The van der Waals surface area contributed by atoms with Gasteiger partial charge in [-0.3, -0.25) is 0 Å². The maximum Gasteiger partial charge on any atom is 0.170 e. The number of fused-ring (bicyclic) bond motifs is 1. The molecule has 0 atom stereocenters. The van der Waals surface area contributed by atoms with E-state index in [0.29, 0.717) is 12.4 Å². The van der Waals surface area contributed by atoms with Crippen molar-refractivity contribution in [2.75, 3.05) is 6.61 Å². The Balaban J connectivity index is 2.56. The van der Waals surface area contributed by atoms with Crippen LogP contribution in [0.5, 0.6) is 11.5 Å². The van der Waals surface area contributed by atoms with Gasteiger partial charge in [-0.05, 0) is 11.5 Å². The van der Waals surface area contributed by atoms with Crippen molar-refractivity contribution in [3.63, 3.8) is 0 Å². The first-order chi connectivity index (χ1) is 8.36. The summed E-state index contributed by atoms with van der Waals surface area (Å²) in [6.07, 6.45) is 3.10. The van der Waals surface area contributed by atoms with E-state index < -0.39 is 0 Å². The molecule has 0 N–H and O–H groups in total. The van der Waals surface area contributed by atoms with Gasteiger partial charge in [0.05, 0.1) is 6.26 Å². The topological polar surface area (TPSA) is 18.5 Å². The molecule has 0 aliphatic rings. The van der Waals surface area contributed by atoms with E-state index in [-0.39, 0.29) is 0 Å². The van der Waals surface area contributed by atoms with Crippen molar-refractivity contribution >= 4 is 10.8 Å². The zero-order chi connectivity index (χ0) is 12.1. The second kappa shape index (κ2) is 5.21. The molecule has 2 heteroatoms. The minimum Gasteiger partial charge on any atom is -0.485 e. The van der Waals surface area contributed by atoms with Crippen LogP contribution in [0.3, 0.4) is 0 Å². The Bertz CT molecular complexity index is 544. The number of hydrogen-bond acceptors (Lipinski definition) is 2. The highest BCUT2D eigenvalue weighted by Crippen LogP contribution is 2.35. The fourth-order valence-electron chi connectivity index (χ4n) is 1.70. The van der Waals surface area contributed by atoms with E-state index >= 15 is 0 Å². The maximum absolute atomic E-state index is 5.66. The van der Waals surface area contributed by atoms with Crippen LogP contribution in [-0.2, 0) is 0 Å². The van der Waals surface area contributed by atoms with Crippen LogP contribution in [0, 0.1) is 0 Å². The smallest absolute Gasteiger partial charge is 0.170 e. The zero-order valence-electron chi connectivity index (χ0n) is 9.56. The number of benzene rings is 2. The maximum atomic E-state index is 5.66. The van der Waals surface area contributed by atoms with Gasteiger partial charge in [-0.25, -0.2) is 0 Å². The van der Waals surface area contributed by atoms with Gasteiger partial charge >= 0.3 is 0 Å². The summed E-state index contributed by atoms with van der Waals surface area (Å²) < 4.78 is 11.0. The third-order valence-corrected chi connectivity index (χ3v) is 2.40. The van der Waals surface area contributed by atoms with Crippen LogP contribution in [0.1, 0.15) is 0 Å². The lowest BCUT2D eigenvalue weighted by Gasteiger charge is -2.12. The molecule has 0 saturated heterocycles. The molecule has 2 aromatic rings. The number of ether oxygens (including phenoxy) is 2. The van der Waals surface area contributed by atoms with Gasteiger partial charge in [0.1, 0.15) is 6.61 Å². The van der Waals surface area contributed by atoms with Crippen LogP contribution in [-0.4, -0.2) is 6.61 Å². The lowest BCUT2D eigenvalue weighted by Crippen LogP contribution is -1.96. The summed E-state index contributed by atoms with van der Waals surface area (Å²) in [5.74, 6) is 1.39. The lowest BCUT2D eigenvalue weighted by atomic mass is 10.1. The van der Waals surface area contributed by atoms with Crippen LogP contribution in [0.15, 0.2) is 61.9 Å². The molecule has 0 radical (unpaired) electrons. The van der Waals surface area contributed by atoms with Crippen LogP contribution < -0.4 is 9.47 Å². The fraction of sp³-hybridized carbons (Fsp3) is 0.0667. The van der Waals surface area contributed by atoms with Gasteiger partial charge in [-0.15, -0.1) is 0 Å². The van der Waals surface area contributed by atoms with Crippen molar-refractivity contribution in [3.8, 4) is 11.5 Å². The van der Waals surface area contributed by atoms with Crippen LogP contribution in [0.4, 0.5) is 0 Å². The van der Waals surface area contributed by atoms with Gasteiger partial charge in [0.15, 0.2) is 11.5 Å². The summed E-state index contributed by atoms with van der Waals surface area (Å²) in [4.78, 5) is 0. The van der Waals surface area contributed by atoms with Gasteiger partial charge in [0, 0.05) is 5.39 Å². The Labute approximate surface area is 101 Å². The molecule has 0 amide bonds. The molecular formula is C15H14O2. The van der Waals surface area contributed by atoms with Crippen molar-refractivity contribution in [3.05, 3.63) is 61.9 Å². The second-order valence-electron chi connectivity index (χ2n) is 3.50. The van der Waals surface area contributed by atoms with Gasteiger partial charge in [-0.2, -0.15) is 0 Å². The molecule has 0 aromatic heterocycles. The van der Waals surface area contributed by atoms with Crippen molar-refractivity contribution in [2.24, 2.45) is 0 Å². The van der Waals surface area contributed by atoms with Crippen molar-refractivity contribution < 1.29 is 9.47 Å². The van der Waals surface area contributed by atoms with E-state index in [1.54, 1.807) is 6.08 Å². The van der Waals surface area contributed by atoms with E-state index in [4.69, 9.17) is 9.47 Å². The molecular weight excluding hydrogens is 212 g/mol. The molecule has 0 saturated carbocycles. The van der Waals surface area contributed by atoms with Gasteiger partial charge in [0.2, 0.25) is 0 Å². The Morgan fingerprint density at radius 2 is 1.88 bits per heavy atom. The molecule has 86 valence electrons. The highest BCUT2D eigenvalue weighted by atomic mass is 16.5. The first-order valence-electron chi connectivity index (χ1n) is 5.40. The predicted molar refractivity (Wildman–Crippen MR) is 70.5 cm³/mol. The Hall–Kier alpha value is -2.22. The standard InChI is InChI=1S/C15H14O2/c1-3-11-17-15-13-8-6-5-7-12(13)9-10-14(15)16-4-2/h3-10H,1-2,11H2. The molecule has 0 spiro atoms. The zero-order valence-corrected chi connectivity index (χ0v) is 9.56. The van der Waals surface area contributed by atoms with E-state index in [9.17, 15) is 0 Å². The highest BCUT2D eigenvalue weighted by Gasteiger charge is 2.08.